The summed E-state index contributed by atoms with van der Waals surface area (Å²) in [4.78, 5) is 2.42. The minimum absolute atomic E-state index is 0.233. The first kappa shape index (κ1) is 16.0. The highest BCUT2D eigenvalue weighted by atomic mass is 32.1. The van der Waals surface area contributed by atoms with E-state index in [0.717, 1.165) is 23.4 Å². The third-order valence-corrected chi connectivity index (χ3v) is 4.58. The van der Waals surface area contributed by atoms with Crippen molar-refractivity contribution in [2.45, 2.75) is 32.7 Å². The van der Waals surface area contributed by atoms with Gasteiger partial charge in [0.2, 0.25) is 0 Å². The van der Waals surface area contributed by atoms with E-state index in [1.54, 1.807) is 11.3 Å². The van der Waals surface area contributed by atoms with Crippen LogP contribution in [0, 0.1) is 17.5 Å². The molecule has 1 nitrogen and oxygen atoms in total. The van der Waals surface area contributed by atoms with Gasteiger partial charge in [0, 0.05) is 22.2 Å². The summed E-state index contributed by atoms with van der Waals surface area (Å²) in [7, 11) is 0. The first-order chi connectivity index (χ1) is 10.0. The van der Waals surface area contributed by atoms with Gasteiger partial charge in [0.15, 0.2) is 17.5 Å². The first-order valence-corrected chi connectivity index (χ1v) is 7.82. The van der Waals surface area contributed by atoms with Crippen molar-refractivity contribution in [1.29, 1.82) is 0 Å². The Morgan fingerprint density at radius 2 is 1.67 bits per heavy atom. The average Bonchev–Trinajstić information content (AvgIpc) is 2.91. The fourth-order valence-corrected chi connectivity index (χ4v) is 3.26. The van der Waals surface area contributed by atoms with Crippen molar-refractivity contribution in [2.24, 2.45) is 0 Å². The van der Waals surface area contributed by atoms with E-state index in [1.165, 1.54) is 4.88 Å². The summed E-state index contributed by atoms with van der Waals surface area (Å²) in [5.74, 6) is -3.71. The van der Waals surface area contributed by atoms with Gasteiger partial charge in [-0.05, 0) is 42.8 Å². The summed E-state index contributed by atoms with van der Waals surface area (Å²) >= 11 is 1.69. The molecule has 0 radical (unpaired) electrons. The highest BCUT2D eigenvalue weighted by Gasteiger charge is 2.18. The molecular formula is C16H18F3NS. The van der Waals surface area contributed by atoms with Gasteiger partial charge in [-0.2, -0.15) is 0 Å². The van der Waals surface area contributed by atoms with E-state index >= 15 is 0 Å². The van der Waals surface area contributed by atoms with Gasteiger partial charge >= 0.3 is 0 Å². The normalized spacial score (nSPS) is 12.6. The maximum Gasteiger partial charge on any atom is 0.194 e. The van der Waals surface area contributed by atoms with E-state index in [4.69, 9.17) is 0 Å². The first-order valence-electron chi connectivity index (χ1n) is 7.00. The van der Waals surface area contributed by atoms with Crippen LogP contribution in [0.25, 0.3) is 0 Å². The van der Waals surface area contributed by atoms with Crippen LogP contribution in [0.3, 0.4) is 0 Å². The van der Waals surface area contributed by atoms with Crippen molar-refractivity contribution in [3.8, 4) is 0 Å². The van der Waals surface area contributed by atoms with Gasteiger partial charge in [-0.3, -0.25) is 0 Å². The van der Waals surface area contributed by atoms with E-state index in [1.807, 2.05) is 13.0 Å². The third-order valence-electron chi connectivity index (χ3n) is 3.33. The number of likely N-dealkylation sites (N-methyl/N-ethyl adjacent to an activating group) is 1. The third kappa shape index (κ3) is 3.86. The summed E-state index contributed by atoms with van der Waals surface area (Å²) < 4.78 is 39.9. The average molecular weight is 313 g/mol. The quantitative estimate of drug-likeness (QED) is 0.767. The predicted molar refractivity (Wildman–Crippen MR) is 80.1 cm³/mol. The summed E-state index contributed by atoms with van der Waals surface area (Å²) in [6.07, 6.45) is 1.60. The SMILES string of the molecule is CCNC(Cc1ccc(CC)s1)c1cc(F)c(F)c(F)c1. The number of nitrogens with one attached hydrogen (secondary N) is 1. The molecule has 0 fully saturated rings. The van der Waals surface area contributed by atoms with Crippen LogP contribution in [-0.2, 0) is 12.8 Å². The highest BCUT2D eigenvalue weighted by Crippen LogP contribution is 2.26. The van der Waals surface area contributed by atoms with Crippen molar-refractivity contribution in [2.75, 3.05) is 6.54 Å². The van der Waals surface area contributed by atoms with Crippen LogP contribution in [0.4, 0.5) is 13.2 Å². The summed E-state index contributed by atoms with van der Waals surface area (Å²) in [6, 6.07) is 6.00. The molecule has 1 atom stereocenters. The minimum Gasteiger partial charge on any atom is -0.310 e. The van der Waals surface area contributed by atoms with Crippen LogP contribution in [0.5, 0.6) is 0 Å². The lowest BCUT2D eigenvalue weighted by atomic mass is 10.0. The molecule has 1 N–H and O–H groups in total. The summed E-state index contributed by atoms with van der Waals surface area (Å²) in [5, 5.41) is 3.20. The monoisotopic (exact) mass is 313 g/mol. The Labute approximate surface area is 126 Å². The van der Waals surface area contributed by atoms with E-state index in [-0.39, 0.29) is 6.04 Å². The zero-order chi connectivity index (χ0) is 15.4. The lowest BCUT2D eigenvalue weighted by molar-refractivity contribution is 0.439. The van der Waals surface area contributed by atoms with Crippen LogP contribution >= 0.6 is 11.3 Å². The second-order valence-electron chi connectivity index (χ2n) is 4.83. The number of hydrogen-bond acceptors (Lipinski definition) is 2. The molecule has 1 unspecified atom stereocenters. The van der Waals surface area contributed by atoms with Crippen molar-refractivity contribution in [3.05, 3.63) is 57.0 Å². The largest absolute Gasteiger partial charge is 0.310 e. The van der Waals surface area contributed by atoms with Crippen molar-refractivity contribution >= 4 is 11.3 Å². The molecular weight excluding hydrogens is 295 g/mol. The number of benzene rings is 1. The molecule has 0 saturated heterocycles. The van der Waals surface area contributed by atoms with Crippen molar-refractivity contribution < 1.29 is 13.2 Å². The Hall–Kier alpha value is -1.33. The molecule has 0 aliphatic carbocycles. The Bertz CT molecular complexity index is 586. The smallest absolute Gasteiger partial charge is 0.194 e. The predicted octanol–water partition coefficient (Wildman–Crippen LogP) is 4.62. The van der Waals surface area contributed by atoms with Gasteiger partial charge in [0.05, 0.1) is 0 Å². The molecule has 2 rings (SSSR count). The molecule has 5 heteroatoms. The zero-order valence-electron chi connectivity index (χ0n) is 12.1. The van der Waals surface area contributed by atoms with Crippen LogP contribution in [0.2, 0.25) is 0 Å². The number of rotatable bonds is 6. The standard InChI is InChI=1S/C16H18F3NS/c1-3-11-5-6-12(21-11)9-15(20-4-2)10-7-13(17)16(19)14(18)8-10/h5-8,15,20H,3-4,9H2,1-2H3. The van der Waals surface area contributed by atoms with Gasteiger partial charge in [0.1, 0.15) is 0 Å². The number of thiophene rings is 1. The fourth-order valence-electron chi connectivity index (χ4n) is 2.25. The van der Waals surface area contributed by atoms with Gasteiger partial charge in [0.25, 0.3) is 0 Å². The van der Waals surface area contributed by atoms with E-state index in [0.29, 0.717) is 18.5 Å². The Morgan fingerprint density at radius 3 is 2.19 bits per heavy atom. The molecule has 1 heterocycles. The summed E-state index contributed by atoms with van der Waals surface area (Å²) in [5.41, 5.74) is 0.430. The van der Waals surface area contributed by atoms with Crippen molar-refractivity contribution in [1.82, 2.24) is 5.32 Å². The van der Waals surface area contributed by atoms with Crippen LogP contribution < -0.4 is 5.32 Å². The van der Waals surface area contributed by atoms with E-state index < -0.39 is 17.5 Å². The van der Waals surface area contributed by atoms with Crippen LogP contribution in [-0.4, -0.2) is 6.54 Å². The molecule has 0 saturated carbocycles. The Kier molecular flexibility index (Phi) is 5.42. The second kappa shape index (κ2) is 7.09. The van der Waals surface area contributed by atoms with Crippen LogP contribution in [0.15, 0.2) is 24.3 Å². The zero-order valence-corrected chi connectivity index (χ0v) is 12.9. The van der Waals surface area contributed by atoms with E-state index in [2.05, 4.69) is 18.3 Å². The number of halogens is 3. The van der Waals surface area contributed by atoms with Crippen molar-refractivity contribution in [3.63, 3.8) is 0 Å². The van der Waals surface area contributed by atoms with Gasteiger partial charge < -0.3 is 5.32 Å². The minimum atomic E-state index is -1.42. The van der Waals surface area contributed by atoms with Gasteiger partial charge in [-0.1, -0.05) is 13.8 Å². The Balaban J connectivity index is 2.26. The molecule has 1 aromatic carbocycles. The maximum absolute atomic E-state index is 13.4. The maximum atomic E-state index is 13.4. The van der Waals surface area contributed by atoms with Gasteiger partial charge in [-0.15, -0.1) is 11.3 Å². The Morgan fingerprint density at radius 1 is 1.05 bits per heavy atom. The lowest BCUT2D eigenvalue weighted by Crippen LogP contribution is -2.23. The molecule has 0 spiro atoms. The number of hydrogen-bond donors (Lipinski definition) is 1. The summed E-state index contributed by atoms with van der Waals surface area (Å²) in [6.45, 7) is 4.68. The molecule has 0 aliphatic rings. The molecule has 2 aromatic rings. The van der Waals surface area contributed by atoms with E-state index in [9.17, 15) is 13.2 Å². The molecule has 0 amide bonds. The topological polar surface area (TPSA) is 12.0 Å². The van der Waals surface area contributed by atoms with Crippen LogP contribution in [0.1, 0.15) is 35.2 Å². The molecule has 0 aliphatic heterocycles. The highest BCUT2D eigenvalue weighted by molar-refractivity contribution is 7.11. The van der Waals surface area contributed by atoms with Gasteiger partial charge in [-0.25, -0.2) is 13.2 Å². The number of aryl methyl sites for hydroxylation is 1. The second-order valence-corrected chi connectivity index (χ2v) is 6.09. The molecule has 114 valence electrons. The fraction of sp³-hybridized carbons (Fsp3) is 0.375. The molecule has 21 heavy (non-hydrogen) atoms. The molecule has 1 aromatic heterocycles. The lowest BCUT2D eigenvalue weighted by Gasteiger charge is -2.18. The molecule has 0 bridgehead atoms.